The summed E-state index contributed by atoms with van der Waals surface area (Å²) in [5.74, 6) is 1.10. The van der Waals surface area contributed by atoms with E-state index < -0.39 is 0 Å². The van der Waals surface area contributed by atoms with Crippen LogP contribution in [0.25, 0.3) is 0 Å². The molecule has 0 saturated carbocycles. The number of hydrogen-bond donors (Lipinski definition) is 0. The lowest BCUT2D eigenvalue weighted by atomic mass is 9.95. The van der Waals surface area contributed by atoms with Crippen LogP contribution in [-0.2, 0) is 11.3 Å². The highest BCUT2D eigenvalue weighted by atomic mass is 16.2. The standard InChI is InChI=1S/C20H32N2O/c1-5-22(6-2)20(23)19-8-7-13-21(15-19)14-17-9-11-18(12-10-17)16(3)4/h9-12,16,19H,5-8,13-15H2,1-4H3/t19-/m1/s1. The summed E-state index contributed by atoms with van der Waals surface area (Å²) in [6, 6.07) is 8.96. The molecule has 0 aliphatic carbocycles. The molecule has 1 aromatic carbocycles. The van der Waals surface area contributed by atoms with Gasteiger partial charge in [0.15, 0.2) is 0 Å². The van der Waals surface area contributed by atoms with Crippen LogP contribution in [0.1, 0.15) is 57.6 Å². The van der Waals surface area contributed by atoms with Gasteiger partial charge >= 0.3 is 0 Å². The average molecular weight is 316 g/mol. The second-order valence-electron chi connectivity index (χ2n) is 6.98. The first-order valence-corrected chi connectivity index (χ1v) is 9.15. The molecule has 0 radical (unpaired) electrons. The van der Waals surface area contributed by atoms with Crippen molar-refractivity contribution in [2.75, 3.05) is 26.2 Å². The van der Waals surface area contributed by atoms with E-state index in [0.29, 0.717) is 11.8 Å². The molecule has 3 heteroatoms. The Morgan fingerprint density at radius 2 is 1.87 bits per heavy atom. The van der Waals surface area contributed by atoms with Crippen molar-refractivity contribution < 1.29 is 4.79 Å². The van der Waals surface area contributed by atoms with Crippen molar-refractivity contribution in [1.82, 2.24) is 9.80 Å². The fourth-order valence-corrected chi connectivity index (χ4v) is 3.46. The number of hydrogen-bond acceptors (Lipinski definition) is 2. The number of carbonyl (C=O) groups excluding carboxylic acids is 1. The van der Waals surface area contributed by atoms with Gasteiger partial charge in [0.2, 0.25) is 5.91 Å². The van der Waals surface area contributed by atoms with Crippen molar-refractivity contribution in [3.8, 4) is 0 Å². The molecule has 1 fully saturated rings. The molecule has 2 rings (SSSR count). The van der Waals surface area contributed by atoms with E-state index in [0.717, 1.165) is 45.6 Å². The van der Waals surface area contributed by atoms with Crippen molar-refractivity contribution in [3.63, 3.8) is 0 Å². The fourth-order valence-electron chi connectivity index (χ4n) is 3.46. The largest absolute Gasteiger partial charge is 0.343 e. The minimum atomic E-state index is 0.179. The third-order valence-corrected chi connectivity index (χ3v) is 4.98. The summed E-state index contributed by atoms with van der Waals surface area (Å²) in [7, 11) is 0. The van der Waals surface area contributed by atoms with Gasteiger partial charge in [0.05, 0.1) is 5.92 Å². The second-order valence-corrected chi connectivity index (χ2v) is 6.98. The molecule has 0 spiro atoms. The molecule has 1 aliphatic heterocycles. The predicted octanol–water partition coefficient (Wildman–Crippen LogP) is 3.89. The molecule has 0 N–H and O–H groups in total. The van der Waals surface area contributed by atoms with E-state index in [1.54, 1.807) is 0 Å². The molecule has 1 amide bonds. The van der Waals surface area contributed by atoms with Crippen molar-refractivity contribution in [2.45, 2.75) is 53.0 Å². The number of piperidine rings is 1. The number of amides is 1. The topological polar surface area (TPSA) is 23.6 Å². The zero-order valence-electron chi connectivity index (χ0n) is 15.2. The van der Waals surface area contributed by atoms with E-state index >= 15 is 0 Å². The van der Waals surface area contributed by atoms with E-state index in [2.05, 4.69) is 56.9 Å². The second kappa shape index (κ2) is 8.49. The van der Waals surface area contributed by atoms with Crippen LogP contribution in [-0.4, -0.2) is 41.9 Å². The molecular weight excluding hydrogens is 284 g/mol. The Balaban J connectivity index is 1.94. The van der Waals surface area contributed by atoms with E-state index in [1.807, 2.05) is 4.90 Å². The van der Waals surface area contributed by atoms with Crippen LogP contribution in [0.3, 0.4) is 0 Å². The summed E-state index contributed by atoms with van der Waals surface area (Å²) < 4.78 is 0. The van der Waals surface area contributed by atoms with Crippen LogP contribution < -0.4 is 0 Å². The maximum absolute atomic E-state index is 12.6. The number of likely N-dealkylation sites (tertiary alicyclic amines) is 1. The molecule has 1 heterocycles. The normalized spacial score (nSPS) is 19.1. The van der Waals surface area contributed by atoms with Gasteiger partial charge in [0.25, 0.3) is 0 Å². The van der Waals surface area contributed by atoms with Crippen LogP contribution in [0.2, 0.25) is 0 Å². The van der Waals surface area contributed by atoms with Crippen LogP contribution in [0.4, 0.5) is 0 Å². The maximum atomic E-state index is 12.6. The minimum Gasteiger partial charge on any atom is -0.343 e. The van der Waals surface area contributed by atoms with E-state index in [1.165, 1.54) is 11.1 Å². The Labute approximate surface area is 141 Å². The summed E-state index contributed by atoms with van der Waals surface area (Å²) in [4.78, 5) is 17.0. The van der Waals surface area contributed by atoms with Gasteiger partial charge in [-0.3, -0.25) is 9.69 Å². The highest BCUT2D eigenvalue weighted by molar-refractivity contribution is 5.79. The fraction of sp³-hybridized carbons (Fsp3) is 0.650. The number of rotatable bonds is 6. The highest BCUT2D eigenvalue weighted by Gasteiger charge is 2.28. The van der Waals surface area contributed by atoms with Crippen molar-refractivity contribution in [2.24, 2.45) is 5.92 Å². The summed E-state index contributed by atoms with van der Waals surface area (Å²) in [5.41, 5.74) is 2.74. The molecule has 23 heavy (non-hydrogen) atoms. The van der Waals surface area contributed by atoms with E-state index in [9.17, 15) is 4.79 Å². The van der Waals surface area contributed by atoms with Gasteiger partial charge in [-0.05, 0) is 50.3 Å². The monoisotopic (exact) mass is 316 g/mol. The number of benzene rings is 1. The zero-order valence-corrected chi connectivity index (χ0v) is 15.2. The third kappa shape index (κ3) is 4.81. The van der Waals surface area contributed by atoms with Crippen molar-refractivity contribution in [3.05, 3.63) is 35.4 Å². The van der Waals surface area contributed by atoms with E-state index in [4.69, 9.17) is 0 Å². The first kappa shape index (κ1) is 18.0. The Morgan fingerprint density at radius 1 is 1.22 bits per heavy atom. The van der Waals surface area contributed by atoms with Crippen molar-refractivity contribution in [1.29, 1.82) is 0 Å². The molecule has 3 nitrogen and oxygen atoms in total. The van der Waals surface area contributed by atoms with Crippen molar-refractivity contribution >= 4 is 5.91 Å². The molecular formula is C20H32N2O. The number of nitrogens with zero attached hydrogens (tertiary/aromatic N) is 2. The molecule has 1 saturated heterocycles. The molecule has 1 atom stereocenters. The van der Waals surface area contributed by atoms with Crippen LogP contribution in [0.5, 0.6) is 0 Å². The summed E-state index contributed by atoms with van der Waals surface area (Å²) >= 11 is 0. The van der Waals surface area contributed by atoms with Crippen LogP contribution >= 0.6 is 0 Å². The maximum Gasteiger partial charge on any atom is 0.226 e. The van der Waals surface area contributed by atoms with Crippen LogP contribution in [0, 0.1) is 5.92 Å². The first-order chi connectivity index (χ1) is 11.0. The van der Waals surface area contributed by atoms with Gasteiger partial charge in [-0.1, -0.05) is 38.1 Å². The SMILES string of the molecule is CCN(CC)C(=O)[C@@H]1CCCN(Cc2ccc(C(C)C)cc2)C1. The van der Waals surface area contributed by atoms with Gasteiger partial charge in [-0.15, -0.1) is 0 Å². The minimum absolute atomic E-state index is 0.179. The zero-order chi connectivity index (χ0) is 16.8. The summed E-state index contributed by atoms with van der Waals surface area (Å²) in [6.07, 6.45) is 2.17. The van der Waals surface area contributed by atoms with Gasteiger partial charge in [-0.2, -0.15) is 0 Å². The van der Waals surface area contributed by atoms with Crippen LogP contribution in [0.15, 0.2) is 24.3 Å². The Morgan fingerprint density at radius 3 is 2.43 bits per heavy atom. The Hall–Kier alpha value is -1.35. The molecule has 0 unspecified atom stereocenters. The lowest BCUT2D eigenvalue weighted by molar-refractivity contribution is -0.137. The molecule has 1 aliphatic rings. The molecule has 0 aromatic heterocycles. The van der Waals surface area contributed by atoms with Gasteiger partial charge in [0.1, 0.15) is 0 Å². The average Bonchev–Trinajstić information content (AvgIpc) is 2.56. The smallest absolute Gasteiger partial charge is 0.226 e. The number of carbonyl (C=O) groups is 1. The van der Waals surface area contributed by atoms with Gasteiger partial charge < -0.3 is 4.90 Å². The first-order valence-electron chi connectivity index (χ1n) is 9.15. The third-order valence-electron chi connectivity index (χ3n) is 4.98. The molecule has 0 bridgehead atoms. The Kier molecular flexibility index (Phi) is 6.64. The highest BCUT2D eigenvalue weighted by Crippen LogP contribution is 2.21. The van der Waals surface area contributed by atoms with Gasteiger partial charge in [-0.25, -0.2) is 0 Å². The lowest BCUT2D eigenvalue weighted by Crippen LogP contribution is -2.44. The lowest BCUT2D eigenvalue weighted by Gasteiger charge is -2.34. The molecule has 1 aromatic rings. The predicted molar refractivity (Wildman–Crippen MR) is 96.5 cm³/mol. The van der Waals surface area contributed by atoms with Gasteiger partial charge in [0, 0.05) is 26.2 Å². The van der Waals surface area contributed by atoms with E-state index in [-0.39, 0.29) is 5.92 Å². The quantitative estimate of drug-likeness (QED) is 0.795. The summed E-state index contributed by atoms with van der Waals surface area (Å²) in [6.45, 7) is 13.2. The summed E-state index contributed by atoms with van der Waals surface area (Å²) in [5, 5.41) is 0. The Bertz CT molecular complexity index is 491. The molecule has 128 valence electrons.